The molecule has 5 nitrogen and oxygen atoms in total. The van der Waals surface area contributed by atoms with Gasteiger partial charge in [-0.1, -0.05) is 0 Å². The minimum atomic E-state index is 0.135. The zero-order valence-corrected chi connectivity index (χ0v) is 13.9. The number of fused-ring (bicyclic) bond motifs is 2. The van der Waals surface area contributed by atoms with Gasteiger partial charge in [-0.05, 0) is 49.9 Å². The van der Waals surface area contributed by atoms with Crippen LogP contribution in [-0.2, 0) is 9.47 Å². The molecule has 2 aliphatic rings. The van der Waals surface area contributed by atoms with Crippen molar-refractivity contribution in [1.29, 1.82) is 0 Å². The fourth-order valence-corrected chi connectivity index (χ4v) is 3.74. The topological polar surface area (TPSA) is 48.0 Å². The number of piperidine rings is 1. The van der Waals surface area contributed by atoms with Gasteiger partial charge in [0.1, 0.15) is 12.4 Å². The number of methoxy groups -OCH3 is 2. The first-order valence-electron chi connectivity index (χ1n) is 8.30. The highest BCUT2D eigenvalue weighted by Gasteiger charge is 2.43. The van der Waals surface area contributed by atoms with Crippen molar-refractivity contribution >= 4 is 5.91 Å². The van der Waals surface area contributed by atoms with Gasteiger partial charge in [0.2, 0.25) is 0 Å². The second-order valence-corrected chi connectivity index (χ2v) is 6.29. The lowest BCUT2D eigenvalue weighted by Crippen LogP contribution is -2.48. The molecular weight excluding hydrogens is 294 g/mol. The molecule has 0 aromatic heterocycles. The fourth-order valence-electron chi connectivity index (χ4n) is 3.74. The normalized spacial score (nSPS) is 26.3. The lowest BCUT2D eigenvalue weighted by molar-refractivity contribution is 0.00822. The number of benzene rings is 1. The van der Waals surface area contributed by atoms with E-state index in [4.69, 9.17) is 14.2 Å². The third kappa shape index (κ3) is 3.51. The maximum atomic E-state index is 12.9. The summed E-state index contributed by atoms with van der Waals surface area (Å²) in [5, 5.41) is 0. The van der Waals surface area contributed by atoms with Crippen LogP contribution in [0.1, 0.15) is 36.0 Å². The van der Waals surface area contributed by atoms with Gasteiger partial charge in [0.05, 0.1) is 12.7 Å². The van der Waals surface area contributed by atoms with Crippen molar-refractivity contribution in [3.63, 3.8) is 0 Å². The Morgan fingerprint density at radius 2 is 1.74 bits per heavy atom. The Bertz CT molecular complexity index is 516. The van der Waals surface area contributed by atoms with Crippen molar-refractivity contribution in [2.24, 2.45) is 0 Å². The largest absolute Gasteiger partial charge is 0.491 e. The van der Waals surface area contributed by atoms with Crippen LogP contribution >= 0.6 is 0 Å². The van der Waals surface area contributed by atoms with Crippen molar-refractivity contribution in [2.45, 2.75) is 43.9 Å². The first kappa shape index (κ1) is 16.3. The van der Waals surface area contributed by atoms with Gasteiger partial charge in [0.25, 0.3) is 5.91 Å². The van der Waals surface area contributed by atoms with Gasteiger partial charge < -0.3 is 19.1 Å². The van der Waals surface area contributed by atoms with E-state index >= 15 is 0 Å². The number of ether oxygens (including phenoxy) is 3. The molecule has 0 spiro atoms. The lowest BCUT2D eigenvalue weighted by atomic mass is 9.98. The summed E-state index contributed by atoms with van der Waals surface area (Å²) in [6.07, 6.45) is 4.39. The predicted octanol–water partition coefficient (Wildman–Crippen LogP) is 2.49. The molecule has 2 heterocycles. The van der Waals surface area contributed by atoms with E-state index in [0.717, 1.165) is 37.0 Å². The van der Waals surface area contributed by atoms with Crippen LogP contribution in [0.5, 0.6) is 5.75 Å². The molecule has 1 aromatic rings. The molecule has 126 valence electrons. The summed E-state index contributed by atoms with van der Waals surface area (Å²) >= 11 is 0. The van der Waals surface area contributed by atoms with Crippen molar-refractivity contribution in [3.05, 3.63) is 29.8 Å². The summed E-state index contributed by atoms with van der Waals surface area (Å²) in [4.78, 5) is 14.9. The first-order chi connectivity index (χ1) is 11.2. The summed E-state index contributed by atoms with van der Waals surface area (Å²) in [5.41, 5.74) is 0.733. The van der Waals surface area contributed by atoms with Gasteiger partial charge in [-0.2, -0.15) is 0 Å². The molecule has 0 N–H and O–H groups in total. The molecule has 0 saturated carbocycles. The quantitative estimate of drug-likeness (QED) is 0.756. The molecule has 1 aromatic carbocycles. The highest BCUT2D eigenvalue weighted by molar-refractivity contribution is 5.95. The second kappa shape index (κ2) is 7.32. The summed E-state index contributed by atoms with van der Waals surface area (Å²) in [6.45, 7) is 1.07. The van der Waals surface area contributed by atoms with Gasteiger partial charge in [-0.15, -0.1) is 0 Å². The van der Waals surface area contributed by atoms with Crippen LogP contribution < -0.4 is 4.74 Å². The van der Waals surface area contributed by atoms with E-state index < -0.39 is 0 Å². The van der Waals surface area contributed by atoms with Crippen LogP contribution in [0.3, 0.4) is 0 Å². The summed E-state index contributed by atoms with van der Waals surface area (Å²) < 4.78 is 16.0. The molecule has 0 aliphatic carbocycles. The first-order valence-corrected chi connectivity index (χ1v) is 8.30. The highest BCUT2D eigenvalue weighted by atomic mass is 16.5. The van der Waals surface area contributed by atoms with Crippen molar-refractivity contribution in [3.8, 4) is 5.75 Å². The Morgan fingerprint density at radius 3 is 2.30 bits per heavy atom. The lowest BCUT2D eigenvalue weighted by Gasteiger charge is -2.38. The van der Waals surface area contributed by atoms with Crippen LogP contribution in [0, 0.1) is 0 Å². The van der Waals surface area contributed by atoms with Gasteiger partial charge in [-0.25, -0.2) is 0 Å². The van der Waals surface area contributed by atoms with Crippen molar-refractivity contribution in [1.82, 2.24) is 4.90 Å². The molecule has 23 heavy (non-hydrogen) atoms. The zero-order valence-electron chi connectivity index (χ0n) is 13.9. The number of amides is 1. The second-order valence-electron chi connectivity index (χ2n) is 6.29. The van der Waals surface area contributed by atoms with Gasteiger partial charge in [-0.3, -0.25) is 4.79 Å². The third-order valence-corrected chi connectivity index (χ3v) is 4.92. The van der Waals surface area contributed by atoms with E-state index in [9.17, 15) is 4.79 Å². The molecule has 1 amide bonds. The van der Waals surface area contributed by atoms with Crippen molar-refractivity contribution in [2.75, 3.05) is 27.4 Å². The number of carbonyl (C=O) groups excluding carboxylic acids is 1. The van der Waals surface area contributed by atoms with E-state index in [0.29, 0.717) is 31.4 Å². The highest BCUT2D eigenvalue weighted by Crippen LogP contribution is 2.37. The standard InChI is InChI=1S/C18H25NO4/c1-21-9-10-23-16-7-3-13(4-8-16)18(20)19-14-5-6-15(19)12-17(11-14)22-2/h3-4,7-8,14-15,17H,5-6,9-12H2,1-2H3. The summed E-state index contributed by atoms with van der Waals surface area (Å²) in [7, 11) is 3.41. The number of nitrogens with zero attached hydrogens (tertiary/aromatic N) is 1. The maximum Gasteiger partial charge on any atom is 0.254 e. The molecular formula is C18H25NO4. The molecule has 5 heteroatoms. The monoisotopic (exact) mass is 319 g/mol. The summed E-state index contributed by atoms with van der Waals surface area (Å²) in [5.74, 6) is 0.898. The SMILES string of the molecule is COCCOc1ccc(C(=O)N2C3CCC2CC(OC)C3)cc1. The van der Waals surface area contributed by atoms with E-state index in [1.807, 2.05) is 24.3 Å². The minimum absolute atomic E-state index is 0.135. The average molecular weight is 319 g/mol. The van der Waals surface area contributed by atoms with Crippen LogP contribution in [0.4, 0.5) is 0 Å². The van der Waals surface area contributed by atoms with Gasteiger partial charge >= 0.3 is 0 Å². The molecule has 2 aliphatic heterocycles. The number of carbonyl (C=O) groups is 1. The third-order valence-electron chi connectivity index (χ3n) is 4.92. The zero-order chi connectivity index (χ0) is 16.2. The predicted molar refractivity (Wildman–Crippen MR) is 86.8 cm³/mol. The Morgan fingerprint density at radius 1 is 1.09 bits per heavy atom. The number of rotatable bonds is 6. The molecule has 2 atom stereocenters. The minimum Gasteiger partial charge on any atom is -0.491 e. The maximum absolute atomic E-state index is 12.9. The van der Waals surface area contributed by atoms with Crippen molar-refractivity contribution < 1.29 is 19.0 Å². The number of hydrogen-bond acceptors (Lipinski definition) is 4. The molecule has 0 radical (unpaired) electrons. The van der Waals surface area contributed by atoms with Gasteiger partial charge in [0.15, 0.2) is 0 Å². The average Bonchev–Trinajstić information content (AvgIpc) is 2.85. The van der Waals surface area contributed by atoms with Crippen LogP contribution in [0.25, 0.3) is 0 Å². The molecule has 2 unspecified atom stereocenters. The fraction of sp³-hybridized carbons (Fsp3) is 0.611. The Labute approximate surface area is 137 Å². The molecule has 2 bridgehead atoms. The summed E-state index contributed by atoms with van der Waals surface area (Å²) in [6, 6.07) is 8.06. The Kier molecular flexibility index (Phi) is 5.18. The van der Waals surface area contributed by atoms with Crippen LogP contribution in [0.15, 0.2) is 24.3 Å². The molecule has 2 fully saturated rings. The molecule has 2 saturated heterocycles. The Balaban J connectivity index is 1.64. The Hall–Kier alpha value is -1.59. The van der Waals surface area contributed by atoms with E-state index in [-0.39, 0.29) is 5.91 Å². The van der Waals surface area contributed by atoms with E-state index in [2.05, 4.69) is 4.90 Å². The van der Waals surface area contributed by atoms with E-state index in [1.54, 1.807) is 14.2 Å². The van der Waals surface area contributed by atoms with Crippen LogP contribution in [-0.4, -0.2) is 56.4 Å². The van der Waals surface area contributed by atoms with Gasteiger partial charge in [0, 0.05) is 31.9 Å². The number of hydrogen-bond donors (Lipinski definition) is 0. The smallest absolute Gasteiger partial charge is 0.254 e. The van der Waals surface area contributed by atoms with Crippen LogP contribution in [0.2, 0.25) is 0 Å². The van der Waals surface area contributed by atoms with E-state index in [1.165, 1.54) is 0 Å². The molecule has 3 rings (SSSR count).